The summed E-state index contributed by atoms with van der Waals surface area (Å²) in [7, 11) is 0. The Labute approximate surface area is 89.3 Å². The summed E-state index contributed by atoms with van der Waals surface area (Å²) < 4.78 is 0. The minimum Gasteiger partial charge on any atom is -0.508 e. The Morgan fingerprint density at radius 3 is 2.73 bits per heavy atom. The smallest absolute Gasteiger partial charge is 0.227 e. The maximum atomic E-state index is 11.7. The first kappa shape index (κ1) is 10.0. The third-order valence-corrected chi connectivity index (χ3v) is 2.88. The first-order chi connectivity index (χ1) is 7.16. The monoisotopic (exact) mass is 205 g/mol. The van der Waals surface area contributed by atoms with Crippen molar-refractivity contribution < 1.29 is 9.90 Å². The lowest BCUT2D eigenvalue weighted by Gasteiger charge is -2.31. The fourth-order valence-electron chi connectivity index (χ4n) is 1.72. The summed E-state index contributed by atoms with van der Waals surface area (Å²) in [5.74, 6) is 0.447. The van der Waals surface area contributed by atoms with Crippen LogP contribution in [0.4, 0.5) is 0 Å². The Morgan fingerprint density at radius 2 is 2.20 bits per heavy atom. The predicted molar refractivity (Wildman–Crippen MR) is 57.7 cm³/mol. The molecule has 0 bridgehead atoms. The number of aromatic hydroxyl groups is 1. The molecule has 1 N–H and O–H groups in total. The molecule has 1 fully saturated rings. The van der Waals surface area contributed by atoms with Gasteiger partial charge in [0.05, 0.1) is 6.42 Å². The largest absolute Gasteiger partial charge is 0.508 e. The molecule has 1 heterocycles. The maximum absolute atomic E-state index is 11.7. The molecule has 2 rings (SSSR count). The van der Waals surface area contributed by atoms with E-state index in [4.69, 9.17) is 0 Å². The second-order valence-electron chi connectivity index (χ2n) is 4.02. The minimum absolute atomic E-state index is 0.190. The predicted octanol–water partition coefficient (Wildman–Crippen LogP) is 1.48. The van der Waals surface area contributed by atoms with Crippen LogP contribution in [0.15, 0.2) is 18.2 Å². The Morgan fingerprint density at radius 1 is 1.47 bits per heavy atom. The van der Waals surface area contributed by atoms with Gasteiger partial charge in [0.1, 0.15) is 5.75 Å². The van der Waals surface area contributed by atoms with Crippen LogP contribution in [0.3, 0.4) is 0 Å². The number of rotatable bonds is 2. The molecular weight excluding hydrogens is 190 g/mol. The van der Waals surface area contributed by atoms with Crippen molar-refractivity contribution in [1.29, 1.82) is 0 Å². The van der Waals surface area contributed by atoms with Crippen LogP contribution in [0.1, 0.15) is 17.5 Å². The number of hydrogen-bond acceptors (Lipinski definition) is 2. The van der Waals surface area contributed by atoms with Crippen molar-refractivity contribution in [3.63, 3.8) is 0 Å². The Kier molecular flexibility index (Phi) is 2.62. The number of likely N-dealkylation sites (tertiary alicyclic amines) is 1. The van der Waals surface area contributed by atoms with E-state index in [1.54, 1.807) is 12.1 Å². The van der Waals surface area contributed by atoms with E-state index in [0.717, 1.165) is 30.6 Å². The van der Waals surface area contributed by atoms with Crippen LogP contribution in [0.2, 0.25) is 0 Å². The van der Waals surface area contributed by atoms with Gasteiger partial charge in [-0.2, -0.15) is 0 Å². The highest BCUT2D eigenvalue weighted by atomic mass is 16.3. The fourth-order valence-corrected chi connectivity index (χ4v) is 1.72. The SMILES string of the molecule is Cc1cc(O)ccc1CC(=O)N1CCC1. The van der Waals surface area contributed by atoms with Crippen molar-refractivity contribution >= 4 is 5.91 Å². The van der Waals surface area contributed by atoms with Gasteiger partial charge in [0.2, 0.25) is 5.91 Å². The highest BCUT2D eigenvalue weighted by Gasteiger charge is 2.20. The molecule has 0 atom stereocenters. The van der Waals surface area contributed by atoms with Crippen molar-refractivity contribution in [3.05, 3.63) is 29.3 Å². The van der Waals surface area contributed by atoms with Gasteiger partial charge < -0.3 is 10.0 Å². The van der Waals surface area contributed by atoms with E-state index in [2.05, 4.69) is 0 Å². The van der Waals surface area contributed by atoms with E-state index < -0.39 is 0 Å². The van der Waals surface area contributed by atoms with Crippen LogP contribution >= 0.6 is 0 Å². The van der Waals surface area contributed by atoms with Gasteiger partial charge in [0.25, 0.3) is 0 Å². The summed E-state index contributed by atoms with van der Waals surface area (Å²) >= 11 is 0. The summed E-state index contributed by atoms with van der Waals surface area (Å²) in [6.45, 7) is 3.71. The Hall–Kier alpha value is -1.51. The van der Waals surface area contributed by atoms with Crippen molar-refractivity contribution in [2.75, 3.05) is 13.1 Å². The average molecular weight is 205 g/mol. The fraction of sp³-hybridized carbons (Fsp3) is 0.417. The molecule has 3 heteroatoms. The number of aryl methyl sites for hydroxylation is 1. The number of hydrogen-bond donors (Lipinski definition) is 1. The molecule has 0 radical (unpaired) electrons. The van der Waals surface area contributed by atoms with E-state index in [1.807, 2.05) is 17.9 Å². The number of phenols is 1. The number of carbonyl (C=O) groups excluding carboxylic acids is 1. The molecule has 0 spiro atoms. The summed E-state index contributed by atoms with van der Waals surface area (Å²) in [4.78, 5) is 13.6. The molecule has 0 saturated carbocycles. The molecule has 1 aromatic carbocycles. The highest BCUT2D eigenvalue weighted by Crippen LogP contribution is 2.17. The molecule has 1 aliphatic heterocycles. The average Bonchev–Trinajstić information content (AvgIpc) is 2.07. The molecule has 0 unspecified atom stereocenters. The molecule has 1 aromatic rings. The summed E-state index contributed by atoms with van der Waals surface area (Å²) in [5, 5.41) is 9.24. The van der Waals surface area contributed by atoms with Crippen LogP contribution in [-0.4, -0.2) is 29.0 Å². The van der Waals surface area contributed by atoms with Gasteiger partial charge in [0, 0.05) is 13.1 Å². The van der Waals surface area contributed by atoms with Crippen molar-refractivity contribution in [1.82, 2.24) is 4.90 Å². The summed E-state index contributed by atoms with van der Waals surface area (Å²) in [6, 6.07) is 5.15. The van der Waals surface area contributed by atoms with Crippen molar-refractivity contribution in [3.8, 4) is 5.75 Å². The third-order valence-electron chi connectivity index (χ3n) is 2.88. The maximum Gasteiger partial charge on any atom is 0.227 e. The number of carbonyl (C=O) groups is 1. The van der Waals surface area contributed by atoms with Crippen LogP contribution in [0, 0.1) is 6.92 Å². The van der Waals surface area contributed by atoms with E-state index in [9.17, 15) is 9.90 Å². The molecular formula is C12H15NO2. The van der Waals surface area contributed by atoms with Gasteiger partial charge in [-0.25, -0.2) is 0 Å². The van der Waals surface area contributed by atoms with Gasteiger partial charge in [-0.1, -0.05) is 6.07 Å². The van der Waals surface area contributed by atoms with Crippen LogP contribution in [0.25, 0.3) is 0 Å². The number of benzene rings is 1. The number of amides is 1. The molecule has 1 aliphatic rings. The Bertz CT molecular complexity index is 383. The second kappa shape index (κ2) is 3.93. The quantitative estimate of drug-likeness (QED) is 0.794. The van der Waals surface area contributed by atoms with E-state index in [1.165, 1.54) is 0 Å². The van der Waals surface area contributed by atoms with E-state index in [0.29, 0.717) is 6.42 Å². The van der Waals surface area contributed by atoms with E-state index >= 15 is 0 Å². The number of phenolic OH excluding ortho intramolecular Hbond substituents is 1. The van der Waals surface area contributed by atoms with Gasteiger partial charge in [-0.15, -0.1) is 0 Å². The van der Waals surface area contributed by atoms with Gasteiger partial charge >= 0.3 is 0 Å². The second-order valence-corrected chi connectivity index (χ2v) is 4.02. The van der Waals surface area contributed by atoms with Gasteiger partial charge in [0.15, 0.2) is 0 Å². The lowest BCUT2D eigenvalue weighted by Crippen LogP contribution is -2.42. The first-order valence-electron chi connectivity index (χ1n) is 5.23. The zero-order valence-corrected chi connectivity index (χ0v) is 8.86. The van der Waals surface area contributed by atoms with Crippen molar-refractivity contribution in [2.24, 2.45) is 0 Å². The summed E-state index contributed by atoms with van der Waals surface area (Å²) in [6.07, 6.45) is 1.58. The molecule has 1 saturated heterocycles. The van der Waals surface area contributed by atoms with Crippen LogP contribution in [-0.2, 0) is 11.2 Å². The number of nitrogens with zero attached hydrogens (tertiary/aromatic N) is 1. The van der Waals surface area contributed by atoms with Crippen molar-refractivity contribution in [2.45, 2.75) is 19.8 Å². The zero-order chi connectivity index (χ0) is 10.8. The highest BCUT2D eigenvalue weighted by molar-refractivity contribution is 5.79. The minimum atomic E-state index is 0.190. The molecule has 80 valence electrons. The van der Waals surface area contributed by atoms with Crippen LogP contribution < -0.4 is 0 Å². The Balaban J connectivity index is 2.06. The standard InChI is InChI=1S/C12H15NO2/c1-9-7-11(14)4-3-10(9)8-12(15)13-5-2-6-13/h3-4,7,14H,2,5-6,8H2,1H3. The molecule has 3 nitrogen and oxygen atoms in total. The third kappa shape index (κ3) is 2.12. The molecule has 1 amide bonds. The first-order valence-corrected chi connectivity index (χ1v) is 5.23. The van der Waals surface area contributed by atoms with Crippen LogP contribution in [0.5, 0.6) is 5.75 Å². The van der Waals surface area contributed by atoms with E-state index in [-0.39, 0.29) is 11.7 Å². The lowest BCUT2D eigenvalue weighted by molar-refractivity contribution is -0.133. The topological polar surface area (TPSA) is 40.5 Å². The molecule has 0 aromatic heterocycles. The van der Waals surface area contributed by atoms with Gasteiger partial charge in [-0.3, -0.25) is 4.79 Å². The lowest BCUT2D eigenvalue weighted by atomic mass is 10.0. The van der Waals surface area contributed by atoms with Gasteiger partial charge in [-0.05, 0) is 36.6 Å². The molecule has 15 heavy (non-hydrogen) atoms. The zero-order valence-electron chi connectivity index (χ0n) is 8.86. The normalized spacial score (nSPS) is 14.9. The molecule has 0 aliphatic carbocycles. The summed E-state index contributed by atoms with van der Waals surface area (Å²) in [5.41, 5.74) is 1.98.